The smallest absolute Gasteiger partial charge is 0.0591 e. The topological polar surface area (TPSA) is 65.3 Å². The molecule has 0 atom stereocenters. The predicted octanol–water partition coefficient (Wildman–Crippen LogP) is 6.05. The average Bonchev–Trinajstić information content (AvgIpc) is 2.99. The van der Waals surface area contributed by atoms with E-state index in [1.165, 1.54) is 33.5 Å². The summed E-state index contributed by atoms with van der Waals surface area (Å²) >= 11 is 0. The molecule has 5 N–H and O–H groups in total. The van der Waals surface area contributed by atoms with Crippen molar-refractivity contribution in [3.05, 3.63) is 120 Å². The Kier molecular flexibility index (Phi) is 13.3. The molecule has 1 aliphatic rings. The maximum Gasteiger partial charge on any atom is 0.0591 e. The maximum absolute atomic E-state index is 5.71. The molecule has 0 bridgehead atoms. The van der Waals surface area contributed by atoms with E-state index in [9.17, 15) is 0 Å². The van der Waals surface area contributed by atoms with Crippen LogP contribution in [0.2, 0.25) is 0 Å². The van der Waals surface area contributed by atoms with E-state index in [2.05, 4.69) is 107 Å². The molecule has 0 saturated carbocycles. The molecule has 202 valence electrons. The Morgan fingerprint density at radius 1 is 1.00 bits per heavy atom. The zero-order valence-electron chi connectivity index (χ0n) is 23.7. The van der Waals surface area contributed by atoms with Gasteiger partial charge in [-0.3, -0.25) is 0 Å². The second-order valence-electron chi connectivity index (χ2n) is 8.69. The molecule has 38 heavy (non-hydrogen) atoms. The van der Waals surface area contributed by atoms with E-state index in [0.29, 0.717) is 0 Å². The van der Waals surface area contributed by atoms with Gasteiger partial charge in [0.05, 0.1) is 6.54 Å². The molecule has 3 aromatic rings. The molecule has 0 radical (unpaired) electrons. The van der Waals surface area contributed by atoms with Gasteiger partial charge < -0.3 is 26.6 Å². The van der Waals surface area contributed by atoms with Crippen molar-refractivity contribution in [3.63, 3.8) is 0 Å². The molecule has 1 heterocycles. The molecular weight excluding hydrogens is 466 g/mol. The quantitative estimate of drug-likeness (QED) is 0.282. The van der Waals surface area contributed by atoms with Crippen molar-refractivity contribution < 1.29 is 0 Å². The minimum Gasteiger partial charge on any atom is -0.403 e. The van der Waals surface area contributed by atoms with E-state index in [1.807, 2.05) is 40.1 Å². The van der Waals surface area contributed by atoms with Crippen LogP contribution in [-0.2, 0) is 6.54 Å². The molecule has 0 aliphatic carbocycles. The second-order valence-corrected chi connectivity index (χ2v) is 8.69. The molecule has 0 aromatic heterocycles. The third kappa shape index (κ3) is 8.86. The average molecular weight is 512 g/mol. The van der Waals surface area contributed by atoms with Crippen molar-refractivity contribution in [2.75, 3.05) is 38.6 Å². The number of likely N-dealkylation sites (N-methyl/N-ethyl adjacent to an activating group) is 2. The van der Waals surface area contributed by atoms with Crippen LogP contribution in [0.5, 0.6) is 0 Å². The number of nitrogens with one attached hydrogen (secondary N) is 3. The lowest BCUT2D eigenvalue weighted by Gasteiger charge is -2.28. The van der Waals surface area contributed by atoms with E-state index in [0.717, 1.165) is 37.6 Å². The van der Waals surface area contributed by atoms with Crippen LogP contribution < -0.4 is 26.6 Å². The highest BCUT2D eigenvalue weighted by molar-refractivity contribution is 5.69. The van der Waals surface area contributed by atoms with Gasteiger partial charge in [0.15, 0.2) is 0 Å². The first-order chi connectivity index (χ1) is 18.6. The Bertz CT molecular complexity index is 1180. The lowest BCUT2D eigenvalue weighted by atomic mass is 10.0. The summed E-state index contributed by atoms with van der Waals surface area (Å²) in [6, 6.07) is 25.5. The first-order valence-electron chi connectivity index (χ1n) is 13.4. The largest absolute Gasteiger partial charge is 0.403 e. The first kappa shape index (κ1) is 30.3. The van der Waals surface area contributed by atoms with Crippen LogP contribution in [0.1, 0.15) is 30.5 Å². The number of benzene rings is 3. The summed E-state index contributed by atoms with van der Waals surface area (Å²) in [5.74, 6) is 0. The summed E-state index contributed by atoms with van der Waals surface area (Å²) in [6.45, 7) is 13.4. The Labute approximate surface area is 230 Å². The Balaban J connectivity index is 0.000000301. The number of hydrogen-bond donors (Lipinski definition) is 4. The van der Waals surface area contributed by atoms with Gasteiger partial charge in [0, 0.05) is 50.0 Å². The number of nitrogens with two attached hydrogens (primary N) is 1. The first-order valence-corrected chi connectivity index (χ1v) is 13.4. The van der Waals surface area contributed by atoms with Crippen molar-refractivity contribution in [2.45, 2.75) is 27.3 Å². The molecule has 5 heteroatoms. The number of fused-ring (bicyclic) bond motifs is 1. The minimum absolute atomic E-state index is 0.764. The Morgan fingerprint density at radius 2 is 1.71 bits per heavy atom. The summed E-state index contributed by atoms with van der Waals surface area (Å²) in [6.07, 6.45) is 5.60. The van der Waals surface area contributed by atoms with Crippen molar-refractivity contribution in [2.24, 2.45) is 5.73 Å². The third-order valence-electron chi connectivity index (χ3n) is 6.23. The third-order valence-corrected chi connectivity index (χ3v) is 6.23. The molecule has 4 rings (SSSR count). The van der Waals surface area contributed by atoms with E-state index in [4.69, 9.17) is 5.73 Å². The SMILES string of the molecule is C=CC1=Cc2ccccc2CN1.CC.CNCCN(C/C(=C/N)NC)c1ccc(-c2ccccc2)cc1C. The number of anilines is 1. The van der Waals surface area contributed by atoms with Crippen LogP contribution in [-0.4, -0.2) is 33.7 Å². The summed E-state index contributed by atoms with van der Waals surface area (Å²) in [5, 5.41) is 9.65. The zero-order chi connectivity index (χ0) is 27.8. The van der Waals surface area contributed by atoms with Crippen molar-refractivity contribution in [3.8, 4) is 11.1 Å². The molecule has 0 amide bonds. The van der Waals surface area contributed by atoms with Crippen LogP contribution >= 0.6 is 0 Å². The summed E-state index contributed by atoms with van der Waals surface area (Å²) in [5.41, 5.74) is 15.5. The van der Waals surface area contributed by atoms with Crippen LogP contribution in [0, 0.1) is 6.92 Å². The standard InChI is InChI=1S/C20H28N4.C11H11N.C2H6/c1-16-13-18(17-7-5-4-6-8-17)9-10-20(16)24(12-11-22-2)15-19(14-21)23-3;1-2-11-7-9-5-3-4-6-10(9)8-12-11;1-2/h4-10,13-14,22-23H,11-12,15,21H2,1-3H3;2-7,12H,1,8H2;1-2H3/b19-14-;;. The van der Waals surface area contributed by atoms with E-state index in [-0.39, 0.29) is 0 Å². The van der Waals surface area contributed by atoms with Gasteiger partial charge >= 0.3 is 0 Å². The van der Waals surface area contributed by atoms with Crippen molar-refractivity contribution in [1.82, 2.24) is 16.0 Å². The van der Waals surface area contributed by atoms with E-state index < -0.39 is 0 Å². The highest BCUT2D eigenvalue weighted by Crippen LogP contribution is 2.27. The fraction of sp³-hybridized carbons (Fsp3) is 0.273. The van der Waals surface area contributed by atoms with Gasteiger partial charge in [0.2, 0.25) is 0 Å². The van der Waals surface area contributed by atoms with E-state index in [1.54, 1.807) is 6.20 Å². The molecule has 3 aromatic carbocycles. The van der Waals surface area contributed by atoms with Gasteiger partial charge in [-0.25, -0.2) is 0 Å². The van der Waals surface area contributed by atoms with Gasteiger partial charge in [-0.1, -0.05) is 81.1 Å². The Hall–Kier alpha value is -3.96. The van der Waals surface area contributed by atoms with Gasteiger partial charge in [0.25, 0.3) is 0 Å². The monoisotopic (exact) mass is 511 g/mol. The van der Waals surface area contributed by atoms with Gasteiger partial charge in [-0.05, 0) is 66.1 Å². The fourth-order valence-electron chi connectivity index (χ4n) is 4.16. The lowest BCUT2D eigenvalue weighted by Crippen LogP contribution is -2.35. The second kappa shape index (κ2) is 16.7. The van der Waals surface area contributed by atoms with Crippen LogP contribution in [0.3, 0.4) is 0 Å². The summed E-state index contributed by atoms with van der Waals surface area (Å²) in [4.78, 5) is 2.34. The van der Waals surface area contributed by atoms with Crippen molar-refractivity contribution in [1.29, 1.82) is 0 Å². The molecule has 0 fully saturated rings. The highest BCUT2D eigenvalue weighted by Gasteiger charge is 2.12. The number of aryl methyl sites for hydroxylation is 1. The normalized spacial score (nSPS) is 11.8. The molecule has 0 spiro atoms. The molecule has 1 aliphatic heterocycles. The zero-order valence-corrected chi connectivity index (χ0v) is 23.7. The fourth-order valence-corrected chi connectivity index (χ4v) is 4.16. The molecule has 0 saturated heterocycles. The number of allylic oxidation sites excluding steroid dienone is 1. The van der Waals surface area contributed by atoms with Crippen LogP contribution in [0.4, 0.5) is 5.69 Å². The minimum atomic E-state index is 0.764. The number of rotatable bonds is 9. The van der Waals surface area contributed by atoms with Crippen molar-refractivity contribution >= 4 is 11.8 Å². The molecule has 5 nitrogen and oxygen atoms in total. The molecular formula is C33H45N5. The summed E-state index contributed by atoms with van der Waals surface area (Å²) < 4.78 is 0. The maximum atomic E-state index is 5.71. The molecule has 0 unspecified atom stereocenters. The number of hydrogen-bond acceptors (Lipinski definition) is 5. The lowest BCUT2D eigenvalue weighted by molar-refractivity contribution is 0.726. The van der Waals surface area contributed by atoms with Gasteiger partial charge in [-0.15, -0.1) is 0 Å². The Morgan fingerprint density at radius 3 is 2.34 bits per heavy atom. The van der Waals surface area contributed by atoms with Gasteiger partial charge in [-0.2, -0.15) is 0 Å². The summed E-state index contributed by atoms with van der Waals surface area (Å²) in [7, 11) is 3.88. The van der Waals surface area contributed by atoms with Gasteiger partial charge in [0.1, 0.15) is 0 Å². The predicted molar refractivity (Wildman–Crippen MR) is 167 cm³/mol. The van der Waals surface area contributed by atoms with Crippen LogP contribution in [0.25, 0.3) is 17.2 Å². The van der Waals surface area contributed by atoms with Crippen LogP contribution in [0.15, 0.2) is 103 Å². The van der Waals surface area contributed by atoms with E-state index >= 15 is 0 Å². The number of nitrogens with zero attached hydrogens (tertiary/aromatic N) is 1. The highest BCUT2D eigenvalue weighted by atomic mass is 15.2.